The van der Waals surface area contributed by atoms with Crippen molar-refractivity contribution < 1.29 is 9.18 Å². The summed E-state index contributed by atoms with van der Waals surface area (Å²) in [5.74, 6) is -0.546. The Morgan fingerprint density at radius 3 is 2.78 bits per heavy atom. The number of rotatable bonds is 6. The van der Waals surface area contributed by atoms with Gasteiger partial charge in [-0.15, -0.1) is 10.2 Å². The molecule has 3 aromatic rings. The first-order valence-electron chi connectivity index (χ1n) is 7.87. The normalized spacial score (nSPS) is 11.4. The number of nitriles is 1. The van der Waals surface area contributed by atoms with Crippen LogP contribution < -0.4 is 10.6 Å². The van der Waals surface area contributed by atoms with Crippen molar-refractivity contribution in [1.82, 2.24) is 10.2 Å². The van der Waals surface area contributed by atoms with Crippen molar-refractivity contribution in [2.24, 2.45) is 0 Å². The molecule has 1 amide bonds. The van der Waals surface area contributed by atoms with E-state index in [-0.39, 0.29) is 11.7 Å². The lowest BCUT2D eigenvalue weighted by atomic mass is 10.2. The molecule has 136 valence electrons. The Kier molecular flexibility index (Phi) is 6.01. The third-order valence-corrected chi connectivity index (χ3v) is 5.41. The topological polar surface area (TPSA) is 90.7 Å². The molecule has 2 aromatic carbocycles. The number of halogens is 1. The van der Waals surface area contributed by atoms with E-state index in [0.29, 0.717) is 26.4 Å². The molecule has 27 heavy (non-hydrogen) atoms. The Labute approximate surface area is 163 Å². The zero-order valence-electron chi connectivity index (χ0n) is 14.1. The van der Waals surface area contributed by atoms with Gasteiger partial charge < -0.3 is 10.6 Å². The lowest BCUT2D eigenvalue weighted by molar-refractivity contribution is -0.115. The molecule has 0 aliphatic rings. The lowest BCUT2D eigenvalue weighted by Gasteiger charge is -2.10. The Morgan fingerprint density at radius 2 is 2.00 bits per heavy atom. The molecule has 0 spiro atoms. The van der Waals surface area contributed by atoms with E-state index < -0.39 is 5.25 Å². The van der Waals surface area contributed by atoms with Gasteiger partial charge in [0.25, 0.3) is 0 Å². The Hall–Kier alpha value is -2.96. The molecule has 0 fully saturated rings. The SMILES string of the molecule is C[C@@H](Sc1nnc(Nc2cccc(F)c2)s1)C(=O)Nc1cccc(C#N)c1. The molecule has 6 nitrogen and oxygen atoms in total. The molecule has 0 unspecified atom stereocenters. The smallest absolute Gasteiger partial charge is 0.237 e. The Bertz CT molecular complexity index is 1000. The summed E-state index contributed by atoms with van der Waals surface area (Å²) in [6.07, 6.45) is 0. The van der Waals surface area contributed by atoms with Crippen LogP contribution in [-0.2, 0) is 4.79 Å². The molecule has 0 bridgehead atoms. The second kappa shape index (κ2) is 8.62. The quantitative estimate of drug-likeness (QED) is 0.597. The number of carbonyl (C=O) groups excluding carboxylic acids is 1. The molecule has 1 aromatic heterocycles. The van der Waals surface area contributed by atoms with Crippen LogP contribution in [-0.4, -0.2) is 21.4 Å². The van der Waals surface area contributed by atoms with Crippen LogP contribution in [0.5, 0.6) is 0 Å². The number of amides is 1. The highest BCUT2D eigenvalue weighted by Crippen LogP contribution is 2.31. The summed E-state index contributed by atoms with van der Waals surface area (Å²) in [5, 5.41) is 22.8. The average molecular weight is 399 g/mol. The van der Waals surface area contributed by atoms with Crippen LogP contribution in [0.15, 0.2) is 52.9 Å². The monoisotopic (exact) mass is 399 g/mol. The van der Waals surface area contributed by atoms with Gasteiger partial charge in [-0.05, 0) is 43.3 Å². The van der Waals surface area contributed by atoms with E-state index in [4.69, 9.17) is 5.26 Å². The van der Waals surface area contributed by atoms with Crippen molar-refractivity contribution in [1.29, 1.82) is 5.26 Å². The molecule has 0 aliphatic heterocycles. The number of benzene rings is 2. The minimum absolute atomic E-state index is 0.204. The fraction of sp³-hybridized carbons (Fsp3) is 0.111. The predicted octanol–water partition coefficient (Wildman–Crippen LogP) is 4.41. The van der Waals surface area contributed by atoms with Gasteiger partial charge in [-0.25, -0.2) is 4.39 Å². The maximum absolute atomic E-state index is 13.2. The molecule has 1 heterocycles. The van der Waals surface area contributed by atoms with Crippen LogP contribution in [0.2, 0.25) is 0 Å². The summed E-state index contributed by atoms with van der Waals surface area (Å²) >= 11 is 2.55. The molecule has 0 aliphatic carbocycles. The van der Waals surface area contributed by atoms with Crippen molar-refractivity contribution in [2.45, 2.75) is 16.5 Å². The highest BCUT2D eigenvalue weighted by molar-refractivity contribution is 8.02. The molecule has 0 saturated heterocycles. The van der Waals surface area contributed by atoms with Crippen LogP contribution in [0.1, 0.15) is 12.5 Å². The van der Waals surface area contributed by atoms with Crippen molar-refractivity contribution in [3.05, 3.63) is 59.9 Å². The summed E-state index contributed by atoms with van der Waals surface area (Å²) < 4.78 is 13.8. The first-order chi connectivity index (χ1) is 13.0. The first-order valence-corrected chi connectivity index (χ1v) is 9.57. The van der Waals surface area contributed by atoms with Crippen LogP contribution in [0, 0.1) is 17.1 Å². The summed E-state index contributed by atoms with van der Waals surface area (Å²) in [4.78, 5) is 12.3. The van der Waals surface area contributed by atoms with Crippen LogP contribution >= 0.6 is 23.1 Å². The fourth-order valence-corrected chi connectivity index (χ4v) is 4.03. The second-order valence-electron chi connectivity index (χ2n) is 5.45. The third kappa shape index (κ3) is 5.26. The first kappa shape index (κ1) is 18.8. The molecule has 9 heteroatoms. The van der Waals surface area contributed by atoms with E-state index >= 15 is 0 Å². The van der Waals surface area contributed by atoms with Crippen LogP contribution in [0.25, 0.3) is 0 Å². The van der Waals surface area contributed by atoms with Crippen molar-refractivity contribution in [3.8, 4) is 6.07 Å². The van der Waals surface area contributed by atoms with Crippen molar-refractivity contribution in [2.75, 3.05) is 10.6 Å². The van der Waals surface area contributed by atoms with Gasteiger partial charge in [-0.2, -0.15) is 5.26 Å². The number of aromatic nitrogens is 2. The molecular weight excluding hydrogens is 385 g/mol. The maximum Gasteiger partial charge on any atom is 0.237 e. The van der Waals surface area contributed by atoms with E-state index in [1.165, 1.54) is 35.2 Å². The standard InChI is InChI=1S/C18H14FN5OS2/c1-11(16(25)21-14-6-2-4-12(8-14)10-20)26-18-24-23-17(27-18)22-15-7-3-5-13(19)9-15/h2-9,11H,1H3,(H,21,25)(H,22,23)/t11-/m1/s1. The molecular formula is C18H14FN5OS2. The molecule has 3 rings (SSSR count). The van der Waals surface area contributed by atoms with Gasteiger partial charge in [0.05, 0.1) is 16.9 Å². The zero-order valence-corrected chi connectivity index (χ0v) is 15.8. The molecule has 0 saturated carbocycles. The number of thioether (sulfide) groups is 1. The molecule has 2 N–H and O–H groups in total. The fourth-order valence-electron chi connectivity index (χ4n) is 2.11. The minimum Gasteiger partial charge on any atom is -0.330 e. The number of nitrogens with zero attached hydrogens (tertiary/aromatic N) is 3. The van der Waals surface area contributed by atoms with Crippen LogP contribution in [0.4, 0.5) is 20.9 Å². The lowest BCUT2D eigenvalue weighted by Crippen LogP contribution is -2.22. The summed E-state index contributed by atoms with van der Waals surface area (Å²) in [5.41, 5.74) is 1.62. The highest BCUT2D eigenvalue weighted by atomic mass is 32.2. The maximum atomic E-state index is 13.2. The van der Waals surface area contributed by atoms with E-state index in [0.717, 1.165) is 0 Å². The summed E-state index contributed by atoms with van der Waals surface area (Å²) in [6, 6.07) is 14.8. The van der Waals surface area contributed by atoms with Crippen LogP contribution in [0.3, 0.4) is 0 Å². The van der Waals surface area contributed by atoms with Gasteiger partial charge >= 0.3 is 0 Å². The van der Waals surface area contributed by atoms with Crippen molar-refractivity contribution >= 4 is 45.5 Å². The predicted molar refractivity (Wildman–Crippen MR) is 105 cm³/mol. The average Bonchev–Trinajstić information content (AvgIpc) is 3.08. The van der Waals surface area contributed by atoms with E-state index in [2.05, 4.69) is 20.8 Å². The largest absolute Gasteiger partial charge is 0.330 e. The number of nitrogens with one attached hydrogen (secondary N) is 2. The Morgan fingerprint density at radius 1 is 1.22 bits per heavy atom. The molecule has 0 radical (unpaired) electrons. The van der Waals surface area contributed by atoms with Gasteiger partial charge in [-0.3, -0.25) is 4.79 Å². The Balaban J connectivity index is 1.59. The summed E-state index contributed by atoms with van der Waals surface area (Å²) in [7, 11) is 0. The van der Waals surface area contributed by atoms with Crippen molar-refractivity contribution in [3.63, 3.8) is 0 Å². The summed E-state index contributed by atoms with van der Waals surface area (Å²) in [6.45, 7) is 1.76. The molecule has 1 atom stereocenters. The van der Waals surface area contributed by atoms with Gasteiger partial charge in [0, 0.05) is 11.4 Å². The third-order valence-electron chi connectivity index (χ3n) is 3.39. The van der Waals surface area contributed by atoms with Gasteiger partial charge in [-0.1, -0.05) is 35.2 Å². The number of hydrogen-bond donors (Lipinski definition) is 2. The van der Waals surface area contributed by atoms with E-state index in [9.17, 15) is 9.18 Å². The van der Waals surface area contributed by atoms with Gasteiger partial charge in [0.15, 0.2) is 4.34 Å². The number of carbonyl (C=O) groups is 1. The minimum atomic E-state index is -0.411. The van der Waals surface area contributed by atoms with E-state index in [1.807, 2.05) is 6.07 Å². The number of anilines is 3. The number of hydrogen-bond acceptors (Lipinski definition) is 7. The second-order valence-corrected chi connectivity index (χ2v) is 8.02. The van der Waals surface area contributed by atoms with E-state index in [1.54, 1.807) is 43.3 Å². The zero-order chi connectivity index (χ0) is 19.2. The highest BCUT2D eigenvalue weighted by Gasteiger charge is 2.17. The van der Waals surface area contributed by atoms with Gasteiger partial charge in [0.1, 0.15) is 5.82 Å². The van der Waals surface area contributed by atoms with Gasteiger partial charge in [0.2, 0.25) is 11.0 Å².